The maximum absolute atomic E-state index is 12.1. The number of ketones is 1. The lowest BCUT2D eigenvalue weighted by molar-refractivity contribution is 0.103. The molecule has 180 valence electrons. The van der Waals surface area contributed by atoms with Crippen LogP contribution in [0.3, 0.4) is 0 Å². The summed E-state index contributed by atoms with van der Waals surface area (Å²) in [4.78, 5) is 23.2. The number of phenolic OH excluding ortho intramolecular Hbond substituents is 2. The first-order chi connectivity index (χ1) is 16.8. The van der Waals surface area contributed by atoms with Gasteiger partial charge in [0, 0.05) is 29.1 Å². The van der Waals surface area contributed by atoms with Crippen LogP contribution in [0.25, 0.3) is 11.0 Å². The topological polar surface area (TPSA) is 106 Å². The Morgan fingerprint density at radius 3 is 2.34 bits per heavy atom. The van der Waals surface area contributed by atoms with Crippen LogP contribution in [0.15, 0.2) is 93.7 Å². The van der Waals surface area contributed by atoms with Crippen LogP contribution in [0.4, 0.5) is 0 Å². The Morgan fingerprint density at radius 2 is 1.69 bits per heavy atom. The van der Waals surface area contributed by atoms with Crippen LogP contribution >= 0.6 is 0 Å². The van der Waals surface area contributed by atoms with E-state index in [2.05, 4.69) is 0 Å². The lowest BCUT2D eigenvalue weighted by atomic mass is 10.0. The van der Waals surface area contributed by atoms with Gasteiger partial charge in [0.2, 0.25) is 0 Å². The van der Waals surface area contributed by atoms with Crippen LogP contribution in [-0.2, 0) is 0 Å². The Balaban J connectivity index is 0.000000196. The Bertz CT molecular complexity index is 1400. The molecule has 1 heterocycles. The summed E-state index contributed by atoms with van der Waals surface area (Å²) < 4.78 is 15.4. The third-order valence-electron chi connectivity index (χ3n) is 4.92. The SMILES string of the molecule is CC(C)=CCOc1cc2oc(=O)ccc2cc1O.COc1ccc(C(=O)c2ccccc2)c(O)c1. The minimum Gasteiger partial charge on any atom is -0.507 e. The molecule has 0 saturated heterocycles. The van der Waals surface area contributed by atoms with Gasteiger partial charge in [-0.15, -0.1) is 0 Å². The molecule has 0 saturated carbocycles. The fraction of sp³-hybridized carbons (Fsp3) is 0.143. The van der Waals surface area contributed by atoms with Crippen LogP contribution < -0.4 is 15.1 Å². The number of phenols is 2. The Hall–Kier alpha value is -4.52. The van der Waals surface area contributed by atoms with E-state index in [1.165, 1.54) is 31.4 Å². The molecule has 0 amide bonds. The number of allylic oxidation sites excluding steroid dienone is 1. The van der Waals surface area contributed by atoms with Gasteiger partial charge in [0.25, 0.3) is 0 Å². The van der Waals surface area contributed by atoms with Gasteiger partial charge in [-0.2, -0.15) is 0 Å². The number of rotatable bonds is 6. The first-order valence-corrected chi connectivity index (χ1v) is 10.8. The predicted octanol–water partition coefficient (Wildman–Crippen LogP) is 5.48. The summed E-state index contributed by atoms with van der Waals surface area (Å²) in [5.41, 5.74) is 1.92. The molecular weight excluding hydrogens is 448 g/mol. The molecule has 0 atom stereocenters. The van der Waals surface area contributed by atoms with Gasteiger partial charge in [0.15, 0.2) is 17.3 Å². The summed E-state index contributed by atoms with van der Waals surface area (Å²) in [6, 6.07) is 19.4. The van der Waals surface area contributed by atoms with E-state index in [9.17, 15) is 19.8 Å². The monoisotopic (exact) mass is 474 g/mol. The molecule has 3 aromatic carbocycles. The summed E-state index contributed by atoms with van der Waals surface area (Å²) in [5.74, 6) is 0.573. The van der Waals surface area contributed by atoms with Gasteiger partial charge >= 0.3 is 5.63 Å². The van der Waals surface area contributed by atoms with Crippen molar-refractivity contribution in [1.82, 2.24) is 0 Å². The fourth-order valence-corrected chi connectivity index (χ4v) is 3.07. The van der Waals surface area contributed by atoms with Gasteiger partial charge in [-0.1, -0.05) is 35.9 Å². The highest BCUT2D eigenvalue weighted by atomic mass is 16.5. The summed E-state index contributed by atoms with van der Waals surface area (Å²) >= 11 is 0. The van der Waals surface area contributed by atoms with Crippen molar-refractivity contribution in [3.05, 3.63) is 106 Å². The van der Waals surface area contributed by atoms with E-state index in [1.54, 1.807) is 42.5 Å². The summed E-state index contributed by atoms with van der Waals surface area (Å²) in [7, 11) is 1.51. The summed E-state index contributed by atoms with van der Waals surface area (Å²) in [6.45, 7) is 4.28. The van der Waals surface area contributed by atoms with Gasteiger partial charge in [0.1, 0.15) is 23.7 Å². The van der Waals surface area contributed by atoms with Crippen molar-refractivity contribution in [1.29, 1.82) is 0 Å². The maximum atomic E-state index is 12.1. The van der Waals surface area contributed by atoms with E-state index in [0.29, 0.717) is 34.6 Å². The molecule has 4 rings (SSSR count). The van der Waals surface area contributed by atoms with Crippen molar-refractivity contribution < 1.29 is 28.9 Å². The van der Waals surface area contributed by atoms with E-state index >= 15 is 0 Å². The molecule has 0 bridgehead atoms. The van der Waals surface area contributed by atoms with Crippen LogP contribution in [-0.4, -0.2) is 29.7 Å². The Morgan fingerprint density at radius 1 is 0.943 bits per heavy atom. The molecule has 1 aromatic heterocycles. The highest BCUT2D eigenvalue weighted by molar-refractivity contribution is 6.10. The number of fused-ring (bicyclic) bond motifs is 1. The second-order valence-corrected chi connectivity index (χ2v) is 7.78. The third-order valence-corrected chi connectivity index (χ3v) is 4.92. The molecule has 7 heteroatoms. The molecule has 0 spiro atoms. The second kappa shape index (κ2) is 11.6. The minimum atomic E-state index is -0.427. The van der Waals surface area contributed by atoms with Crippen LogP contribution in [0.1, 0.15) is 29.8 Å². The average Bonchev–Trinajstić information content (AvgIpc) is 2.85. The molecule has 4 aromatic rings. The van der Waals surface area contributed by atoms with Crippen molar-refractivity contribution in [3.63, 3.8) is 0 Å². The first-order valence-electron chi connectivity index (χ1n) is 10.8. The van der Waals surface area contributed by atoms with Crippen molar-refractivity contribution >= 4 is 16.8 Å². The minimum absolute atomic E-state index is 0.0264. The fourth-order valence-electron chi connectivity index (χ4n) is 3.07. The van der Waals surface area contributed by atoms with Crippen LogP contribution in [0.2, 0.25) is 0 Å². The largest absolute Gasteiger partial charge is 0.507 e. The molecule has 0 fully saturated rings. The second-order valence-electron chi connectivity index (χ2n) is 7.78. The van der Waals surface area contributed by atoms with E-state index in [1.807, 2.05) is 26.0 Å². The Labute approximate surface area is 202 Å². The zero-order valence-corrected chi connectivity index (χ0v) is 19.6. The van der Waals surface area contributed by atoms with Crippen molar-refractivity contribution in [2.75, 3.05) is 13.7 Å². The molecule has 0 aliphatic heterocycles. The maximum Gasteiger partial charge on any atom is 0.336 e. The quantitative estimate of drug-likeness (QED) is 0.217. The number of hydrogen-bond donors (Lipinski definition) is 2. The number of carbonyl (C=O) groups is 1. The number of ether oxygens (including phenoxy) is 2. The summed E-state index contributed by atoms with van der Waals surface area (Å²) in [6.07, 6.45) is 1.89. The molecule has 35 heavy (non-hydrogen) atoms. The van der Waals surface area contributed by atoms with Gasteiger partial charge in [-0.25, -0.2) is 4.79 Å². The lowest BCUT2D eigenvalue weighted by Gasteiger charge is -2.07. The van der Waals surface area contributed by atoms with Gasteiger partial charge in [0.05, 0.1) is 12.7 Å². The number of carbonyl (C=O) groups excluding carboxylic acids is 1. The molecule has 0 aliphatic carbocycles. The molecule has 0 unspecified atom stereocenters. The molecule has 7 nitrogen and oxygen atoms in total. The van der Waals surface area contributed by atoms with E-state index in [4.69, 9.17) is 13.9 Å². The van der Waals surface area contributed by atoms with E-state index in [-0.39, 0.29) is 22.8 Å². The van der Waals surface area contributed by atoms with Crippen LogP contribution in [0.5, 0.6) is 23.0 Å². The zero-order valence-electron chi connectivity index (χ0n) is 19.6. The number of aromatic hydroxyl groups is 2. The van der Waals surface area contributed by atoms with Crippen molar-refractivity contribution in [2.24, 2.45) is 0 Å². The van der Waals surface area contributed by atoms with Crippen molar-refractivity contribution in [2.45, 2.75) is 13.8 Å². The average molecular weight is 475 g/mol. The first kappa shape index (κ1) is 25.1. The molecule has 2 N–H and O–H groups in total. The van der Waals surface area contributed by atoms with Gasteiger partial charge in [-0.05, 0) is 44.2 Å². The normalized spacial score (nSPS) is 10.1. The zero-order chi connectivity index (χ0) is 25.4. The van der Waals surface area contributed by atoms with E-state index in [0.717, 1.165) is 5.57 Å². The van der Waals surface area contributed by atoms with E-state index < -0.39 is 5.63 Å². The van der Waals surface area contributed by atoms with Crippen molar-refractivity contribution in [3.8, 4) is 23.0 Å². The molecule has 0 aliphatic rings. The standard InChI is InChI=1S/C14H14O4.C14H12O3/c1-9(2)5-6-17-13-8-12-10(7-11(13)15)3-4-14(16)18-12;1-17-11-7-8-12(13(15)9-11)14(16)10-5-3-2-4-6-10/h3-5,7-8,15H,6H2,1-2H3;2-9,15H,1H3. The predicted molar refractivity (Wildman–Crippen MR) is 134 cm³/mol. The number of methoxy groups -OCH3 is 1. The van der Waals surface area contributed by atoms with Gasteiger partial charge < -0.3 is 24.1 Å². The number of hydrogen-bond acceptors (Lipinski definition) is 7. The van der Waals surface area contributed by atoms with Gasteiger partial charge in [-0.3, -0.25) is 4.79 Å². The smallest absolute Gasteiger partial charge is 0.336 e. The lowest BCUT2D eigenvalue weighted by Crippen LogP contribution is -2.01. The summed E-state index contributed by atoms with van der Waals surface area (Å²) in [5, 5.41) is 20.2. The molecule has 0 radical (unpaired) electrons. The van der Waals surface area contributed by atoms with Crippen LogP contribution in [0, 0.1) is 0 Å². The third kappa shape index (κ3) is 6.74. The highest BCUT2D eigenvalue weighted by Gasteiger charge is 2.13. The Kier molecular flexibility index (Phi) is 8.29. The molecular formula is C28H26O7. The number of benzene rings is 3. The highest BCUT2D eigenvalue weighted by Crippen LogP contribution is 2.31.